The van der Waals surface area contributed by atoms with Gasteiger partial charge in [0.2, 0.25) is 0 Å². The summed E-state index contributed by atoms with van der Waals surface area (Å²) >= 11 is 0. The number of nitrogen functional groups attached to an aromatic ring is 1. The minimum Gasteiger partial charge on any atom is -0.398 e. The number of fused-ring (bicyclic) bond motifs is 1. The molecule has 0 atom stereocenters. The van der Waals surface area contributed by atoms with E-state index >= 15 is 0 Å². The predicted octanol–water partition coefficient (Wildman–Crippen LogP) is 2.53. The van der Waals surface area contributed by atoms with Gasteiger partial charge in [0, 0.05) is 18.3 Å². The molecule has 0 aromatic heterocycles. The van der Waals surface area contributed by atoms with E-state index in [2.05, 4.69) is 35.6 Å². The van der Waals surface area contributed by atoms with Crippen molar-refractivity contribution in [3.05, 3.63) is 65.2 Å². The van der Waals surface area contributed by atoms with E-state index in [1.165, 1.54) is 16.7 Å². The summed E-state index contributed by atoms with van der Waals surface area (Å²) in [5.74, 6) is 0. The maximum Gasteiger partial charge on any atom is 0.0359 e. The predicted molar refractivity (Wildman–Crippen MR) is 75.3 cm³/mol. The molecule has 0 spiro atoms. The van der Waals surface area contributed by atoms with Crippen LogP contribution < -0.4 is 11.1 Å². The molecule has 0 aliphatic heterocycles. The second kappa shape index (κ2) is 4.83. The quantitative estimate of drug-likeness (QED) is 0.806. The summed E-state index contributed by atoms with van der Waals surface area (Å²) in [6, 6.07) is 17.3. The maximum atomic E-state index is 5.95. The summed E-state index contributed by atoms with van der Waals surface area (Å²) < 4.78 is 0. The first kappa shape index (κ1) is 11.3. The summed E-state index contributed by atoms with van der Waals surface area (Å²) in [6.07, 6.45) is 2.26. The molecule has 18 heavy (non-hydrogen) atoms. The van der Waals surface area contributed by atoms with Crippen LogP contribution in [0.15, 0.2) is 48.5 Å². The summed E-state index contributed by atoms with van der Waals surface area (Å²) in [7, 11) is 0. The monoisotopic (exact) mass is 238 g/mol. The van der Waals surface area contributed by atoms with Gasteiger partial charge in [0.1, 0.15) is 0 Å². The highest BCUT2D eigenvalue weighted by Crippen LogP contribution is 2.22. The van der Waals surface area contributed by atoms with Crippen LogP contribution >= 0.6 is 0 Å². The number of nitrogens with two attached hydrogens (primary N) is 1. The summed E-state index contributed by atoms with van der Waals surface area (Å²) in [6.45, 7) is 0.853. The van der Waals surface area contributed by atoms with Crippen LogP contribution in [0.2, 0.25) is 0 Å². The van der Waals surface area contributed by atoms with E-state index < -0.39 is 0 Å². The normalized spacial score (nSPS) is 14.7. The van der Waals surface area contributed by atoms with Crippen LogP contribution in [0.4, 0.5) is 5.69 Å². The molecule has 2 aromatic rings. The summed E-state index contributed by atoms with van der Waals surface area (Å²) in [5.41, 5.74) is 11.0. The van der Waals surface area contributed by atoms with E-state index in [1.54, 1.807) is 0 Å². The van der Waals surface area contributed by atoms with Crippen molar-refractivity contribution in [1.82, 2.24) is 5.32 Å². The van der Waals surface area contributed by atoms with Gasteiger partial charge in [-0.25, -0.2) is 0 Å². The van der Waals surface area contributed by atoms with Crippen molar-refractivity contribution >= 4 is 5.69 Å². The van der Waals surface area contributed by atoms with Gasteiger partial charge in [0.15, 0.2) is 0 Å². The molecule has 3 rings (SSSR count). The fraction of sp³-hybridized carbons (Fsp3) is 0.250. The van der Waals surface area contributed by atoms with E-state index in [4.69, 9.17) is 5.73 Å². The van der Waals surface area contributed by atoms with Crippen LogP contribution in [0.5, 0.6) is 0 Å². The molecule has 0 heterocycles. The van der Waals surface area contributed by atoms with Crippen molar-refractivity contribution in [3.63, 3.8) is 0 Å². The zero-order valence-corrected chi connectivity index (χ0v) is 10.4. The first-order chi connectivity index (χ1) is 8.83. The Morgan fingerprint density at radius 2 is 1.56 bits per heavy atom. The van der Waals surface area contributed by atoms with Crippen molar-refractivity contribution in [2.45, 2.75) is 25.4 Å². The molecule has 0 radical (unpaired) electrons. The number of hydrogen-bond acceptors (Lipinski definition) is 2. The van der Waals surface area contributed by atoms with Gasteiger partial charge in [0.25, 0.3) is 0 Å². The first-order valence-electron chi connectivity index (χ1n) is 6.46. The molecule has 2 aromatic carbocycles. The maximum absolute atomic E-state index is 5.95. The molecule has 1 aliphatic rings. The fourth-order valence-electron chi connectivity index (χ4n) is 2.65. The van der Waals surface area contributed by atoms with Crippen LogP contribution in [-0.2, 0) is 19.4 Å². The zero-order valence-electron chi connectivity index (χ0n) is 10.4. The molecule has 2 nitrogen and oxygen atoms in total. The summed E-state index contributed by atoms with van der Waals surface area (Å²) in [4.78, 5) is 0. The third-order valence-corrected chi connectivity index (χ3v) is 3.69. The Kier molecular flexibility index (Phi) is 3.03. The molecule has 92 valence electrons. The van der Waals surface area contributed by atoms with Gasteiger partial charge in [-0.15, -0.1) is 0 Å². The second-order valence-corrected chi connectivity index (χ2v) is 4.95. The standard InChI is InChI=1S/C16H18N2/c17-16-8-4-3-7-14(16)11-18-15-9-12-5-1-2-6-13(12)10-15/h1-8,15,18H,9-11,17H2. The molecule has 0 saturated heterocycles. The Hall–Kier alpha value is -1.80. The Labute approximate surface area is 108 Å². The third-order valence-electron chi connectivity index (χ3n) is 3.69. The fourth-order valence-corrected chi connectivity index (χ4v) is 2.65. The highest BCUT2D eigenvalue weighted by molar-refractivity contribution is 5.46. The average Bonchev–Trinajstić information content (AvgIpc) is 2.80. The van der Waals surface area contributed by atoms with Crippen molar-refractivity contribution in [3.8, 4) is 0 Å². The first-order valence-corrected chi connectivity index (χ1v) is 6.46. The number of benzene rings is 2. The van der Waals surface area contributed by atoms with Gasteiger partial charge in [-0.3, -0.25) is 0 Å². The number of hydrogen-bond donors (Lipinski definition) is 2. The van der Waals surface area contributed by atoms with Gasteiger partial charge in [-0.1, -0.05) is 42.5 Å². The molecule has 2 heteroatoms. The van der Waals surface area contributed by atoms with Crippen LogP contribution in [0.3, 0.4) is 0 Å². The third kappa shape index (κ3) is 2.24. The van der Waals surface area contributed by atoms with Gasteiger partial charge >= 0.3 is 0 Å². The van der Waals surface area contributed by atoms with E-state index in [0.717, 1.165) is 25.1 Å². The van der Waals surface area contributed by atoms with Crippen LogP contribution in [-0.4, -0.2) is 6.04 Å². The Balaban J connectivity index is 1.62. The van der Waals surface area contributed by atoms with Crippen molar-refractivity contribution < 1.29 is 0 Å². The Morgan fingerprint density at radius 3 is 2.22 bits per heavy atom. The molecular formula is C16H18N2. The lowest BCUT2D eigenvalue weighted by Crippen LogP contribution is -2.29. The molecule has 1 aliphatic carbocycles. The molecule has 0 unspecified atom stereocenters. The number of anilines is 1. The van der Waals surface area contributed by atoms with Gasteiger partial charge in [-0.05, 0) is 35.6 Å². The number of para-hydroxylation sites is 1. The Morgan fingerprint density at radius 1 is 0.944 bits per heavy atom. The average molecular weight is 238 g/mol. The molecular weight excluding hydrogens is 220 g/mol. The summed E-state index contributed by atoms with van der Waals surface area (Å²) in [5, 5.41) is 3.61. The zero-order chi connectivity index (χ0) is 12.4. The molecule has 0 bridgehead atoms. The lowest BCUT2D eigenvalue weighted by molar-refractivity contribution is 0.533. The van der Waals surface area contributed by atoms with Crippen LogP contribution in [0.1, 0.15) is 16.7 Å². The van der Waals surface area contributed by atoms with Gasteiger partial charge in [0.05, 0.1) is 0 Å². The molecule has 3 N–H and O–H groups in total. The number of rotatable bonds is 3. The molecule has 0 fully saturated rings. The Bertz CT molecular complexity index is 523. The SMILES string of the molecule is Nc1ccccc1CNC1Cc2ccccc2C1. The number of nitrogens with one attached hydrogen (secondary N) is 1. The highest BCUT2D eigenvalue weighted by atomic mass is 14.9. The van der Waals surface area contributed by atoms with Crippen molar-refractivity contribution in [2.75, 3.05) is 5.73 Å². The van der Waals surface area contributed by atoms with Gasteiger partial charge < -0.3 is 11.1 Å². The smallest absolute Gasteiger partial charge is 0.0359 e. The largest absolute Gasteiger partial charge is 0.398 e. The van der Waals surface area contributed by atoms with E-state index in [-0.39, 0.29) is 0 Å². The molecule has 0 amide bonds. The highest BCUT2D eigenvalue weighted by Gasteiger charge is 2.20. The van der Waals surface area contributed by atoms with E-state index in [9.17, 15) is 0 Å². The topological polar surface area (TPSA) is 38.0 Å². The van der Waals surface area contributed by atoms with Crippen molar-refractivity contribution in [2.24, 2.45) is 0 Å². The van der Waals surface area contributed by atoms with Crippen LogP contribution in [0.25, 0.3) is 0 Å². The molecule has 0 saturated carbocycles. The van der Waals surface area contributed by atoms with Crippen molar-refractivity contribution in [1.29, 1.82) is 0 Å². The van der Waals surface area contributed by atoms with E-state index in [1.807, 2.05) is 18.2 Å². The second-order valence-electron chi connectivity index (χ2n) is 4.95. The van der Waals surface area contributed by atoms with E-state index in [0.29, 0.717) is 6.04 Å². The minimum atomic E-state index is 0.544. The lowest BCUT2D eigenvalue weighted by atomic mass is 10.1. The van der Waals surface area contributed by atoms with Crippen LogP contribution in [0, 0.1) is 0 Å². The lowest BCUT2D eigenvalue weighted by Gasteiger charge is -2.13. The van der Waals surface area contributed by atoms with Gasteiger partial charge in [-0.2, -0.15) is 0 Å². The minimum absolute atomic E-state index is 0.544.